The van der Waals surface area contributed by atoms with Gasteiger partial charge in [-0.15, -0.1) is 0 Å². The van der Waals surface area contributed by atoms with E-state index in [2.05, 4.69) is 31.3 Å². The zero-order chi connectivity index (χ0) is 19.6. The molecule has 0 saturated carbocycles. The molecule has 1 radical (unpaired) electrons. The lowest BCUT2D eigenvalue weighted by Crippen LogP contribution is -2.47. The molecule has 0 bridgehead atoms. The van der Waals surface area contributed by atoms with Crippen molar-refractivity contribution < 1.29 is 24.5 Å². The first-order valence-corrected chi connectivity index (χ1v) is 8.73. The van der Waals surface area contributed by atoms with E-state index in [-0.39, 0.29) is 6.54 Å². The molecule has 153 valence electrons. The molecule has 0 heterocycles. The second kappa shape index (κ2) is 17.1. The Hall–Kier alpha value is -1.34. The number of hydrogen-bond acceptors (Lipinski definition) is 9. The number of carbonyl (C=O) groups excluding carboxylic acids is 2. The van der Waals surface area contributed by atoms with Gasteiger partial charge in [-0.3, -0.25) is 10.5 Å². The number of carbonyl (C=O) groups is 2. The maximum absolute atomic E-state index is 11.5. The molecule has 1 amide bonds. The van der Waals surface area contributed by atoms with Crippen LogP contribution in [0.3, 0.4) is 0 Å². The fourth-order valence-corrected chi connectivity index (χ4v) is 1.89. The maximum Gasteiger partial charge on any atom is 0.338 e. The number of amides is 1. The van der Waals surface area contributed by atoms with Gasteiger partial charge in [0.1, 0.15) is 0 Å². The van der Waals surface area contributed by atoms with Gasteiger partial charge >= 0.3 is 5.97 Å². The van der Waals surface area contributed by atoms with Crippen LogP contribution in [0.2, 0.25) is 0 Å². The van der Waals surface area contributed by atoms with E-state index in [0.29, 0.717) is 19.6 Å². The predicted molar refractivity (Wildman–Crippen MR) is 96.5 cm³/mol. The average Bonchev–Trinajstić information content (AvgIpc) is 2.66. The summed E-state index contributed by atoms with van der Waals surface area (Å²) in [5, 5.41) is 34.0. The fourth-order valence-electron chi connectivity index (χ4n) is 1.89. The molecule has 0 fully saturated rings. The monoisotopic (exact) mass is 377 g/mol. The topological polar surface area (TPSA) is 168 Å². The molecule has 0 aromatic heterocycles. The van der Waals surface area contributed by atoms with Crippen LogP contribution in [0, 0.1) is 0 Å². The van der Waals surface area contributed by atoms with Gasteiger partial charge in [-0.25, -0.2) is 4.79 Å². The lowest BCUT2D eigenvalue weighted by molar-refractivity contribution is -0.161. The minimum atomic E-state index is -1.89. The molecule has 0 rings (SSSR count). The lowest BCUT2D eigenvalue weighted by Gasteiger charge is -2.15. The van der Waals surface area contributed by atoms with Gasteiger partial charge in [-0.2, -0.15) is 0 Å². The van der Waals surface area contributed by atoms with Crippen LogP contribution in [0.5, 0.6) is 0 Å². The third kappa shape index (κ3) is 12.9. The highest BCUT2D eigenvalue weighted by Crippen LogP contribution is 1.96. The Morgan fingerprint density at radius 2 is 1.23 bits per heavy atom. The Morgan fingerprint density at radius 3 is 1.65 bits per heavy atom. The highest BCUT2D eigenvalue weighted by atomic mass is 16.5. The second-order valence-corrected chi connectivity index (χ2v) is 5.45. The Labute approximate surface area is 154 Å². The Morgan fingerprint density at radius 1 is 0.808 bits per heavy atom. The number of esters is 1. The summed E-state index contributed by atoms with van der Waals surface area (Å²) in [5.41, 5.74) is 6.98. The zero-order valence-electron chi connectivity index (χ0n) is 15.3. The van der Waals surface area contributed by atoms with Gasteiger partial charge in [-0.05, 0) is 0 Å². The van der Waals surface area contributed by atoms with Crippen LogP contribution in [-0.2, 0) is 14.3 Å². The summed E-state index contributed by atoms with van der Waals surface area (Å²) in [6, 6.07) is 0. The van der Waals surface area contributed by atoms with Crippen molar-refractivity contribution in [2.75, 3.05) is 72.6 Å². The molecule has 0 aliphatic rings. The minimum absolute atomic E-state index is 0.261. The third-order valence-corrected chi connectivity index (χ3v) is 3.35. The molecule has 11 heteroatoms. The van der Waals surface area contributed by atoms with Gasteiger partial charge in [0.25, 0.3) is 5.91 Å². The van der Waals surface area contributed by atoms with Gasteiger partial charge in [0, 0.05) is 65.4 Å². The van der Waals surface area contributed by atoms with Crippen molar-refractivity contribution in [3.05, 3.63) is 0 Å². The van der Waals surface area contributed by atoms with Crippen LogP contribution >= 0.6 is 0 Å². The van der Waals surface area contributed by atoms with E-state index in [4.69, 9.17) is 5.73 Å². The van der Waals surface area contributed by atoms with Crippen LogP contribution in [0.4, 0.5) is 0 Å². The molecule has 0 aromatic carbocycles. The van der Waals surface area contributed by atoms with Crippen molar-refractivity contribution >= 4 is 11.9 Å². The lowest BCUT2D eigenvalue weighted by atomic mass is 10.2. The summed E-state index contributed by atoms with van der Waals surface area (Å²) < 4.78 is 4.25. The first-order valence-electron chi connectivity index (χ1n) is 8.73. The number of hydrogen-bond donors (Lipinski definition) is 7. The molecule has 2 atom stereocenters. The molecule has 0 spiro atoms. The summed E-state index contributed by atoms with van der Waals surface area (Å²) in [6.45, 7) is 6.79. The highest BCUT2D eigenvalue weighted by Gasteiger charge is 2.30. The number of nitrogens with one attached hydrogen (secondary N) is 6. The number of ether oxygens (including phenoxy) is 1. The largest absolute Gasteiger partial charge is 0.467 e. The SMILES string of the molecule is COC(=O)[C@H](O)[C@@H](O)C(=O)NCCNCCNCCNCCNCC[NH]. The minimum Gasteiger partial charge on any atom is -0.467 e. The Bertz CT molecular complexity index is 374. The fraction of sp³-hybridized carbons (Fsp3) is 0.867. The molecular formula is C15H33N6O5. The maximum atomic E-state index is 11.5. The van der Waals surface area contributed by atoms with Crippen molar-refractivity contribution in [2.24, 2.45) is 0 Å². The van der Waals surface area contributed by atoms with Crippen molar-refractivity contribution in [1.82, 2.24) is 32.3 Å². The Balaban J connectivity index is 3.40. The number of aliphatic hydroxyl groups is 2. The summed E-state index contributed by atoms with van der Waals surface area (Å²) in [5.74, 6) is -1.89. The van der Waals surface area contributed by atoms with Crippen molar-refractivity contribution in [3.8, 4) is 0 Å². The normalized spacial score (nSPS) is 13.2. The summed E-state index contributed by atoms with van der Waals surface area (Å²) in [6.07, 6.45) is -3.74. The van der Waals surface area contributed by atoms with Gasteiger partial charge in [0.15, 0.2) is 12.2 Å². The van der Waals surface area contributed by atoms with E-state index in [1.807, 2.05) is 0 Å². The number of methoxy groups -OCH3 is 1. The van der Waals surface area contributed by atoms with E-state index in [9.17, 15) is 19.8 Å². The molecule has 0 aromatic rings. The average molecular weight is 377 g/mol. The zero-order valence-corrected chi connectivity index (χ0v) is 15.3. The van der Waals surface area contributed by atoms with E-state index in [1.165, 1.54) is 0 Å². The first kappa shape index (κ1) is 24.7. The number of rotatable bonds is 17. The molecule has 0 saturated heterocycles. The third-order valence-electron chi connectivity index (χ3n) is 3.35. The smallest absolute Gasteiger partial charge is 0.338 e. The summed E-state index contributed by atoms with van der Waals surface area (Å²) >= 11 is 0. The van der Waals surface area contributed by atoms with Crippen molar-refractivity contribution in [3.63, 3.8) is 0 Å². The van der Waals surface area contributed by atoms with Gasteiger partial charge in [0.05, 0.1) is 7.11 Å². The predicted octanol–water partition coefficient (Wildman–Crippen LogP) is -4.36. The molecule has 26 heavy (non-hydrogen) atoms. The van der Waals surface area contributed by atoms with Crippen LogP contribution in [0.1, 0.15) is 0 Å². The van der Waals surface area contributed by atoms with Gasteiger partial charge < -0.3 is 41.5 Å². The highest BCUT2D eigenvalue weighted by molar-refractivity contribution is 5.88. The van der Waals surface area contributed by atoms with Crippen LogP contribution in [0.25, 0.3) is 0 Å². The molecule has 11 nitrogen and oxygen atoms in total. The van der Waals surface area contributed by atoms with E-state index >= 15 is 0 Å². The van der Waals surface area contributed by atoms with Crippen molar-refractivity contribution in [1.29, 1.82) is 0 Å². The van der Waals surface area contributed by atoms with E-state index in [0.717, 1.165) is 46.4 Å². The van der Waals surface area contributed by atoms with Crippen LogP contribution in [0.15, 0.2) is 0 Å². The molecule has 0 aliphatic carbocycles. The quantitative estimate of drug-likeness (QED) is 0.0978. The molecular weight excluding hydrogens is 344 g/mol. The Kier molecular flexibility index (Phi) is 16.2. The summed E-state index contributed by atoms with van der Waals surface area (Å²) in [7, 11) is 1.06. The second-order valence-electron chi connectivity index (χ2n) is 5.45. The summed E-state index contributed by atoms with van der Waals surface area (Å²) in [4.78, 5) is 22.5. The molecule has 8 N–H and O–H groups in total. The van der Waals surface area contributed by atoms with Gasteiger partial charge in [-0.1, -0.05) is 0 Å². The molecule has 0 aliphatic heterocycles. The number of aliphatic hydroxyl groups excluding tert-OH is 2. The first-order chi connectivity index (χ1) is 12.5. The van der Waals surface area contributed by atoms with Crippen LogP contribution < -0.4 is 32.3 Å². The molecule has 0 unspecified atom stereocenters. The van der Waals surface area contributed by atoms with E-state index in [1.54, 1.807) is 0 Å². The van der Waals surface area contributed by atoms with Gasteiger partial charge in [0.2, 0.25) is 0 Å². The van der Waals surface area contributed by atoms with Crippen molar-refractivity contribution in [2.45, 2.75) is 12.2 Å². The van der Waals surface area contributed by atoms with Crippen LogP contribution in [-0.4, -0.2) is 107 Å². The van der Waals surface area contributed by atoms with E-state index < -0.39 is 24.1 Å². The standard InChI is InChI=1S/C15H33N6O5/c1-26-15(25)13(23)12(22)14(24)21-11-10-20-9-8-19-7-6-18-5-4-17-3-2-16/h12-13,16-20,22-23H,2-11H2,1H3,(H,21,24)/t12-,13-/m1/s1.